The van der Waals surface area contributed by atoms with Gasteiger partial charge in [0.1, 0.15) is 11.6 Å². The van der Waals surface area contributed by atoms with Crippen LogP contribution in [-0.2, 0) is 25.9 Å². The molecule has 2 saturated heterocycles. The van der Waals surface area contributed by atoms with Crippen molar-refractivity contribution in [2.75, 3.05) is 24.7 Å². The highest BCUT2D eigenvalue weighted by atomic mass is 32.2. The Bertz CT molecular complexity index is 981. The van der Waals surface area contributed by atoms with E-state index < -0.39 is 9.84 Å². The molecular weight excluding hydrogens is 414 g/mol. The summed E-state index contributed by atoms with van der Waals surface area (Å²) in [7, 11) is -3.12. The minimum Gasteiger partial charge on any atom is -0.376 e. The number of aryl methyl sites for hydroxylation is 1. The van der Waals surface area contributed by atoms with E-state index >= 15 is 0 Å². The minimum atomic E-state index is -3.12. The van der Waals surface area contributed by atoms with E-state index in [-0.39, 0.29) is 35.1 Å². The number of unbranched alkanes of at least 4 members (excludes halogenated alkanes) is 1. The van der Waals surface area contributed by atoms with Crippen molar-refractivity contribution in [2.24, 2.45) is 0 Å². The lowest BCUT2D eigenvalue weighted by Gasteiger charge is -2.28. The molecule has 2 atom stereocenters. The molecule has 2 unspecified atom stereocenters. The third-order valence-corrected chi connectivity index (χ3v) is 8.09. The Hall–Kier alpha value is -2.11. The number of ether oxygens (including phenoxy) is 1. The zero-order valence-electron chi connectivity index (χ0n) is 18.8. The van der Waals surface area contributed by atoms with Crippen LogP contribution >= 0.6 is 0 Å². The molecule has 3 rings (SSSR count). The fourth-order valence-electron chi connectivity index (χ4n) is 4.50. The van der Waals surface area contributed by atoms with Gasteiger partial charge >= 0.3 is 0 Å². The Morgan fingerprint density at radius 3 is 2.74 bits per heavy atom. The van der Waals surface area contributed by atoms with Gasteiger partial charge in [0.2, 0.25) is 0 Å². The van der Waals surface area contributed by atoms with Crippen LogP contribution in [0.3, 0.4) is 0 Å². The number of aromatic nitrogens is 1. The monoisotopic (exact) mass is 447 g/mol. The second kappa shape index (κ2) is 10.0. The molecule has 1 amide bonds. The van der Waals surface area contributed by atoms with Gasteiger partial charge in [-0.05, 0) is 57.2 Å². The minimum absolute atomic E-state index is 0.0168. The first kappa shape index (κ1) is 23.6. The van der Waals surface area contributed by atoms with Crippen LogP contribution in [0.1, 0.15) is 56.0 Å². The smallest absolute Gasteiger partial charge is 0.264 e. The number of nitrogens with zero attached hydrogens (tertiary/aromatic N) is 3. The van der Waals surface area contributed by atoms with Gasteiger partial charge in [-0.25, -0.2) is 8.42 Å². The number of carbonyl (C=O) groups excluding carboxylic acids is 1. The van der Waals surface area contributed by atoms with Gasteiger partial charge in [-0.15, -0.1) is 0 Å². The van der Waals surface area contributed by atoms with Crippen LogP contribution < -0.4 is 0 Å². The molecule has 1 aromatic heterocycles. The van der Waals surface area contributed by atoms with Gasteiger partial charge in [-0.1, -0.05) is 13.3 Å². The Kier molecular flexibility index (Phi) is 7.60. The maximum Gasteiger partial charge on any atom is 0.264 e. The highest BCUT2D eigenvalue weighted by molar-refractivity contribution is 7.91. The van der Waals surface area contributed by atoms with Crippen LogP contribution in [-0.4, -0.2) is 60.6 Å². The summed E-state index contributed by atoms with van der Waals surface area (Å²) >= 11 is 0. The van der Waals surface area contributed by atoms with Crippen LogP contribution in [0.5, 0.6) is 0 Å². The maximum atomic E-state index is 13.3. The highest BCUT2D eigenvalue weighted by Gasteiger charge is 2.35. The summed E-state index contributed by atoms with van der Waals surface area (Å²) in [5, 5.41) is 9.76. The zero-order chi connectivity index (χ0) is 22.6. The maximum absolute atomic E-state index is 13.3. The molecule has 0 bridgehead atoms. The summed E-state index contributed by atoms with van der Waals surface area (Å²) in [4.78, 5) is 14.9. The molecule has 7 nitrogen and oxygen atoms in total. The van der Waals surface area contributed by atoms with E-state index in [1.807, 2.05) is 26.8 Å². The van der Waals surface area contributed by atoms with Crippen molar-refractivity contribution < 1.29 is 17.9 Å². The summed E-state index contributed by atoms with van der Waals surface area (Å²) in [6, 6.07) is 3.70. The number of rotatable bonds is 8. The van der Waals surface area contributed by atoms with Gasteiger partial charge in [0.15, 0.2) is 9.84 Å². The van der Waals surface area contributed by atoms with Crippen LogP contribution in [0.2, 0.25) is 0 Å². The normalized spacial score (nSPS) is 23.1. The van der Waals surface area contributed by atoms with E-state index in [0.29, 0.717) is 13.0 Å². The summed E-state index contributed by atoms with van der Waals surface area (Å²) < 4.78 is 31.9. The number of nitriles is 1. The van der Waals surface area contributed by atoms with Gasteiger partial charge in [-0.2, -0.15) is 5.26 Å². The molecule has 3 heterocycles. The number of sulfone groups is 1. The van der Waals surface area contributed by atoms with Gasteiger partial charge in [0.25, 0.3) is 5.91 Å². The second-order valence-electron chi connectivity index (χ2n) is 8.65. The molecule has 0 aromatic carbocycles. The fraction of sp³-hybridized carbons (Fsp3) is 0.652. The summed E-state index contributed by atoms with van der Waals surface area (Å²) in [5.41, 5.74) is 2.96. The summed E-state index contributed by atoms with van der Waals surface area (Å²) in [6.07, 6.45) is 6.07. The van der Waals surface area contributed by atoms with E-state index in [1.165, 1.54) is 0 Å². The third-order valence-electron chi connectivity index (χ3n) is 6.34. The first-order valence-electron chi connectivity index (χ1n) is 11.2. The predicted octanol–water partition coefficient (Wildman–Crippen LogP) is 3.01. The summed E-state index contributed by atoms with van der Waals surface area (Å²) in [6.45, 7) is 8.07. The topological polar surface area (TPSA) is 92.4 Å². The molecule has 0 aliphatic carbocycles. The van der Waals surface area contributed by atoms with Gasteiger partial charge in [0, 0.05) is 37.1 Å². The van der Waals surface area contributed by atoms with Crippen molar-refractivity contribution in [3.05, 3.63) is 28.6 Å². The predicted molar refractivity (Wildman–Crippen MR) is 120 cm³/mol. The van der Waals surface area contributed by atoms with Crippen molar-refractivity contribution in [3.8, 4) is 6.07 Å². The molecule has 0 spiro atoms. The van der Waals surface area contributed by atoms with E-state index in [2.05, 4.69) is 10.6 Å². The van der Waals surface area contributed by atoms with Crippen molar-refractivity contribution in [1.82, 2.24) is 9.47 Å². The van der Waals surface area contributed by atoms with E-state index in [9.17, 15) is 18.5 Å². The first-order valence-corrected chi connectivity index (χ1v) is 13.0. The zero-order valence-corrected chi connectivity index (χ0v) is 19.6. The third kappa shape index (κ3) is 5.58. The average molecular weight is 448 g/mol. The van der Waals surface area contributed by atoms with Crippen LogP contribution in [0.25, 0.3) is 6.08 Å². The molecule has 170 valence electrons. The quantitative estimate of drug-likeness (QED) is 0.451. The van der Waals surface area contributed by atoms with Crippen molar-refractivity contribution in [3.63, 3.8) is 0 Å². The molecule has 2 aliphatic heterocycles. The molecule has 8 heteroatoms. The van der Waals surface area contributed by atoms with Crippen molar-refractivity contribution in [1.29, 1.82) is 5.26 Å². The Morgan fingerprint density at radius 2 is 2.16 bits per heavy atom. The number of hydrogen-bond donors (Lipinski definition) is 0. The summed E-state index contributed by atoms with van der Waals surface area (Å²) in [5.74, 6) is -0.289. The number of amides is 1. The van der Waals surface area contributed by atoms with Gasteiger partial charge in [0.05, 0.1) is 17.6 Å². The first-order chi connectivity index (χ1) is 14.8. The van der Waals surface area contributed by atoms with Crippen LogP contribution in [0, 0.1) is 25.2 Å². The lowest BCUT2D eigenvalue weighted by atomic mass is 10.1. The van der Waals surface area contributed by atoms with Gasteiger partial charge in [-0.3, -0.25) is 4.79 Å². The largest absolute Gasteiger partial charge is 0.376 e. The van der Waals surface area contributed by atoms with Crippen molar-refractivity contribution in [2.45, 2.75) is 71.6 Å². The molecule has 0 N–H and O–H groups in total. The molecule has 2 aliphatic rings. The van der Waals surface area contributed by atoms with Crippen LogP contribution in [0.15, 0.2) is 11.6 Å². The van der Waals surface area contributed by atoms with E-state index in [4.69, 9.17) is 4.74 Å². The molecular formula is C23H33N3O4S. The molecule has 0 saturated carbocycles. The Balaban J connectivity index is 1.85. The molecule has 2 fully saturated rings. The van der Waals surface area contributed by atoms with Gasteiger partial charge < -0.3 is 14.2 Å². The van der Waals surface area contributed by atoms with E-state index in [0.717, 1.165) is 55.8 Å². The molecule has 0 radical (unpaired) electrons. The lowest BCUT2D eigenvalue weighted by molar-refractivity contribution is -0.128. The Morgan fingerprint density at radius 1 is 1.39 bits per heavy atom. The molecule has 1 aromatic rings. The SMILES string of the molecule is CCCCN(C(=O)/C(C#N)=C/c1cc(C)n(CC2CCCO2)c1C)C1CCS(=O)(=O)C1. The van der Waals surface area contributed by atoms with Crippen molar-refractivity contribution >= 4 is 21.8 Å². The highest BCUT2D eigenvalue weighted by Crippen LogP contribution is 2.24. The van der Waals surface area contributed by atoms with E-state index in [1.54, 1.807) is 11.0 Å². The second-order valence-corrected chi connectivity index (χ2v) is 10.9. The molecule has 31 heavy (non-hydrogen) atoms. The fourth-order valence-corrected chi connectivity index (χ4v) is 6.23. The standard InChI is InChI=1S/C23H33N3O4S/c1-4-5-9-25(21-8-11-31(28,29)16-21)23(27)20(14-24)13-19-12-17(2)26(18(19)3)15-22-7-6-10-30-22/h12-13,21-22H,4-11,15-16H2,1-3H3/b20-13+. The number of hydrogen-bond acceptors (Lipinski definition) is 5. The average Bonchev–Trinajstić information content (AvgIpc) is 3.43. The Labute approximate surface area is 185 Å². The number of carbonyl (C=O) groups is 1. The lowest BCUT2D eigenvalue weighted by Crippen LogP contribution is -2.42. The van der Waals surface area contributed by atoms with Crippen LogP contribution in [0.4, 0.5) is 0 Å².